The number of carbonyl (C=O) groups is 1. The van der Waals surface area contributed by atoms with Gasteiger partial charge >= 0.3 is 5.97 Å². The Morgan fingerprint density at radius 2 is 2.00 bits per heavy atom. The second kappa shape index (κ2) is 6.56. The summed E-state index contributed by atoms with van der Waals surface area (Å²) in [5.74, 6) is -0.198. The van der Waals surface area contributed by atoms with E-state index in [0.29, 0.717) is 19.7 Å². The average molecular weight is 421 g/mol. The number of ether oxygens (including phenoxy) is 1. The number of benzene rings is 1. The van der Waals surface area contributed by atoms with Crippen LogP contribution >= 0.6 is 43.5 Å². The van der Waals surface area contributed by atoms with Crippen molar-refractivity contribution >= 4 is 49.4 Å². The Balaban J connectivity index is 2.13. The molecule has 0 radical (unpaired) electrons. The van der Waals surface area contributed by atoms with Crippen molar-refractivity contribution in [3.63, 3.8) is 0 Å². The first-order valence-corrected chi connectivity index (χ1v) is 7.44. The molecule has 0 aliphatic rings. The summed E-state index contributed by atoms with van der Waals surface area (Å²) in [6.07, 6.45) is 1.53. The van der Waals surface area contributed by atoms with Crippen LogP contribution in [0.3, 0.4) is 0 Å². The number of halogens is 3. The van der Waals surface area contributed by atoms with E-state index in [-0.39, 0.29) is 12.1 Å². The number of nitrogens with zero attached hydrogens (tertiary/aromatic N) is 1. The lowest BCUT2D eigenvalue weighted by molar-refractivity contribution is -0.135. The minimum absolute atomic E-state index is 0.173. The largest absolute Gasteiger partial charge is 0.424 e. The van der Waals surface area contributed by atoms with Crippen LogP contribution in [0.2, 0.25) is 5.02 Å². The normalized spacial score (nSPS) is 10.3. The SMILES string of the molecule is O=C(Cn1cc(Br)ccc1=O)Oc1ccc(Cl)cc1Br. The number of esters is 1. The summed E-state index contributed by atoms with van der Waals surface area (Å²) in [5, 5.41) is 0.528. The maximum absolute atomic E-state index is 11.8. The standard InChI is InChI=1S/C13H8Br2ClNO3/c14-8-1-4-12(18)17(6-8)7-13(19)20-11-3-2-9(16)5-10(11)15/h1-6H,7H2. The van der Waals surface area contributed by atoms with Gasteiger partial charge < -0.3 is 9.30 Å². The van der Waals surface area contributed by atoms with Crippen LogP contribution in [0, 0.1) is 0 Å². The number of hydrogen-bond acceptors (Lipinski definition) is 3. The molecule has 1 heterocycles. The molecular weight excluding hydrogens is 413 g/mol. The van der Waals surface area contributed by atoms with E-state index in [1.54, 1.807) is 24.3 Å². The fourth-order valence-electron chi connectivity index (χ4n) is 1.48. The summed E-state index contributed by atoms with van der Waals surface area (Å²) < 4.78 is 7.72. The molecule has 20 heavy (non-hydrogen) atoms. The lowest BCUT2D eigenvalue weighted by atomic mass is 10.3. The van der Waals surface area contributed by atoms with Crippen LogP contribution in [0.1, 0.15) is 0 Å². The molecule has 0 aliphatic heterocycles. The lowest BCUT2D eigenvalue weighted by Gasteiger charge is -2.08. The van der Waals surface area contributed by atoms with Gasteiger partial charge in [0.1, 0.15) is 12.3 Å². The number of pyridine rings is 1. The highest BCUT2D eigenvalue weighted by Crippen LogP contribution is 2.28. The average Bonchev–Trinajstić information content (AvgIpc) is 2.37. The van der Waals surface area contributed by atoms with Crippen LogP contribution < -0.4 is 10.3 Å². The molecule has 2 aromatic rings. The number of aromatic nitrogens is 1. The fraction of sp³-hybridized carbons (Fsp3) is 0.0769. The van der Waals surface area contributed by atoms with Gasteiger partial charge in [-0.1, -0.05) is 11.6 Å². The van der Waals surface area contributed by atoms with Crippen molar-refractivity contribution < 1.29 is 9.53 Å². The van der Waals surface area contributed by atoms with E-state index < -0.39 is 5.97 Å². The van der Waals surface area contributed by atoms with E-state index in [1.165, 1.54) is 16.8 Å². The Morgan fingerprint density at radius 3 is 2.70 bits per heavy atom. The molecule has 0 N–H and O–H groups in total. The van der Waals surface area contributed by atoms with Crippen LogP contribution in [0.15, 0.2) is 50.3 Å². The Hall–Kier alpha value is -1.11. The third-order valence-electron chi connectivity index (χ3n) is 2.36. The second-order valence-corrected chi connectivity index (χ2v) is 6.07. The highest BCUT2D eigenvalue weighted by atomic mass is 79.9. The van der Waals surface area contributed by atoms with Crippen molar-refractivity contribution in [2.45, 2.75) is 6.54 Å². The van der Waals surface area contributed by atoms with E-state index in [0.717, 1.165) is 0 Å². The Labute approximate surface area is 136 Å². The van der Waals surface area contributed by atoms with E-state index in [4.69, 9.17) is 16.3 Å². The maximum Gasteiger partial charge on any atom is 0.331 e. The molecule has 0 spiro atoms. The van der Waals surface area contributed by atoms with E-state index in [1.807, 2.05) is 0 Å². The van der Waals surface area contributed by atoms with Crippen molar-refractivity contribution in [2.75, 3.05) is 0 Å². The molecule has 104 valence electrons. The molecule has 0 aliphatic carbocycles. The van der Waals surface area contributed by atoms with Gasteiger partial charge in [0.15, 0.2) is 0 Å². The number of hydrogen-bond donors (Lipinski definition) is 0. The zero-order chi connectivity index (χ0) is 14.7. The van der Waals surface area contributed by atoms with E-state index in [2.05, 4.69) is 31.9 Å². The minimum Gasteiger partial charge on any atom is -0.424 e. The van der Waals surface area contributed by atoms with Gasteiger partial charge in [-0.3, -0.25) is 4.79 Å². The number of carbonyl (C=O) groups excluding carboxylic acids is 1. The second-order valence-electron chi connectivity index (χ2n) is 3.86. The molecule has 7 heteroatoms. The van der Waals surface area contributed by atoms with Gasteiger partial charge in [0, 0.05) is 21.8 Å². The zero-order valence-electron chi connectivity index (χ0n) is 9.98. The molecule has 1 aromatic carbocycles. The number of rotatable bonds is 3. The van der Waals surface area contributed by atoms with Crippen LogP contribution in [-0.4, -0.2) is 10.5 Å². The van der Waals surface area contributed by atoms with Crippen molar-refractivity contribution in [3.05, 3.63) is 60.9 Å². The summed E-state index contributed by atoms with van der Waals surface area (Å²) in [6.45, 7) is -0.173. The molecule has 4 nitrogen and oxygen atoms in total. The first-order chi connectivity index (χ1) is 9.45. The highest BCUT2D eigenvalue weighted by molar-refractivity contribution is 9.10. The van der Waals surface area contributed by atoms with Crippen LogP contribution in [0.5, 0.6) is 5.75 Å². The molecule has 0 saturated heterocycles. The summed E-state index contributed by atoms with van der Waals surface area (Å²) in [7, 11) is 0. The van der Waals surface area contributed by atoms with Gasteiger partial charge in [-0.05, 0) is 56.1 Å². The third kappa shape index (κ3) is 3.94. The lowest BCUT2D eigenvalue weighted by Crippen LogP contribution is -2.25. The quantitative estimate of drug-likeness (QED) is 0.562. The van der Waals surface area contributed by atoms with Crippen LogP contribution in [-0.2, 0) is 11.3 Å². The first-order valence-electron chi connectivity index (χ1n) is 5.47. The van der Waals surface area contributed by atoms with Gasteiger partial charge in [0.05, 0.1) is 4.47 Å². The fourth-order valence-corrected chi connectivity index (χ4v) is 2.62. The predicted molar refractivity (Wildman–Crippen MR) is 83.2 cm³/mol. The minimum atomic E-state index is -0.548. The predicted octanol–water partition coefficient (Wildman–Crippen LogP) is 3.63. The first kappa shape index (κ1) is 15.3. The van der Waals surface area contributed by atoms with E-state index >= 15 is 0 Å². The molecule has 0 bridgehead atoms. The molecule has 0 saturated carbocycles. The molecule has 0 amide bonds. The topological polar surface area (TPSA) is 48.3 Å². The van der Waals surface area contributed by atoms with Crippen molar-refractivity contribution in [2.24, 2.45) is 0 Å². The van der Waals surface area contributed by atoms with Crippen molar-refractivity contribution in [1.82, 2.24) is 4.57 Å². The Kier molecular flexibility index (Phi) is 5.01. The molecule has 0 fully saturated rings. The monoisotopic (exact) mass is 419 g/mol. The van der Waals surface area contributed by atoms with Crippen molar-refractivity contribution in [1.29, 1.82) is 0 Å². The van der Waals surface area contributed by atoms with Gasteiger partial charge in [0.2, 0.25) is 0 Å². The summed E-state index contributed by atoms with van der Waals surface area (Å²) in [4.78, 5) is 23.4. The van der Waals surface area contributed by atoms with Gasteiger partial charge in [-0.25, -0.2) is 4.79 Å². The summed E-state index contributed by atoms with van der Waals surface area (Å²) in [5.41, 5.74) is -0.277. The molecule has 0 atom stereocenters. The van der Waals surface area contributed by atoms with Gasteiger partial charge in [-0.2, -0.15) is 0 Å². The van der Waals surface area contributed by atoms with Crippen molar-refractivity contribution in [3.8, 4) is 5.75 Å². The van der Waals surface area contributed by atoms with Gasteiger partial charge in [0.25, 0.3) is 5.56 Å². The van der Waals surface area contributed by atoms with E-state index in [9.17, 15) is 9.59 Å². The Bertz CT molecular complexity index is 715. The van der Waals surface area contributed by atoms with Gasteiger partial charge in [-0.15, -0.1) is 0 Å². The Morgan fingerprint density at radius 1 is 1.25 bits per heavy atom. The smallest absolute Gasteiger partial charge is 0.331 e. The maximum atomic E-state index is 11.8. The third-order valence-corrected chi connectivity index (χ3v) is 3.69. The molecule has 0 unspecified atom stereocenters. The highest BCUT2D eigenvalue weighted by Gasteiger charge is 2.10. The molecular formula is C13H8Br2ClNO3. The summed E-state index contributed by atoms with van der Waals surface area (Å²) >= 11 is 12.3. The summed E-state index contributed by atoms with van der Waals surface area (Å²) in [6, 6.07) is 7.79. The van der Waals surface area contributed by atoms with Crippen LogP contribution in [0.4, 0.5) is 0 Å². The molecule has 2 rings (SSSR count). The zero-order valence-corrected chi connectivity index (χ0v) is 13.9. The van der Waals surface area contributed by atoms with Crippen LogP contribution in [0.25, 0.3) is 0 Å². The molecule has 1 aromatic heterocycles.